The van der Waals surface area contributed by atoms with Crippen molar-refractivity contribution in [1.82, 2.24) is 0 Å². The summed E-state index contributed by atoms with van der Waals surface area (Å²) >= 11 is 0. The van der Waals surface area contributed by atoms with Crippen LogP contribution in [0.3, 0.4) is 0 Å². The molecule has 1 N–H and O–H groups in total. The molecular weight excluding hydrogens is 212 g/mol. The van der Waals surface area contributed by atoms with E-state index in [2.05, 4.69) is 31.7 Å². The maximum absolute atomic E-state index is 8.65. The fraction of sp³-hybridized carbons (Fsp3) is 0.867. The lowest BCUT2D eigenvalue weighted by molar-refractivity contribution is -0.254. The Bertz CT molecular complexity index is 285. The summed E-state index contributed by atoms with van der Waals surface area (Å²) in [6.45, 7) is 7.37. The molecule has 0 unspecified atom stereocenters. The highest BCUT2D eigenvalue weighted by Gasteiger charge is 2.39. The van der Waals surface area contributed by atoms with Crippen LogP contribution in [0, 0.1) is 29.6 Å². The maximum atomic E-state index is 8.65. The lowest BCUT2D eigenvalue weighted by Gasteiger charge is -2.45. The zero-order valence-corrected chi connectivity index (χ0v) is 11.4. The highest BCUT2D eigenvalue weighted by molar-refractivity contribution is 5.11. The first-order chi connectivity index (χ1) is 8.13. The molecule has 5 atom stereocenters. The SMILES string of the molecule is CC1=C[C@H]2[C@@H](CC1)[C@H](C)CC[C@H]2[C@@H](C)COO. The third-order valence-corrected chi connectivity index (χ3v) is 5.09. The molecule has 2 heteroatoms. The number of hydrogen-bond acceptors (Lipinski definition) is 2. The van der Waals surface area contributed by atoms with Crippen LogP contribution in [-0.2, 0) is 4.89 Å². The number of fused-ring (bicyclic) bond motifs is 1. The lowest BCUT2D eigenvalue weighted by atomic mass is 9.60. The zero-order valence-electron chi connectivity index (χ0n) is 11.4. The van der Waals surface area contributed by atoms with Gasteiger partial charge in [-0.2, -0.15) is 0 Å². The van der Waals surface area contributed by atoms with Gasteiger partial charge in [0.25, 0.3) is 0 Å². The number of rotatable bonds is 3. The second-order valence-corrected chi connectivity index (χ2v) is 6.28. The van der Waals surface area contributed by atoms with Crippen LogP contribution in [0.15, 0.2) is 11.6 Å². The van der Waals surface area contributed by atoms with Crippen molar-refractivity contribution in [2.45, 2.75) is 46.5 Å². The minimum absolute atomic E-state index is 0.460. The Morgan fingerprint density at radius 2 is 2.18 bits per heavy atom. The molecule has 2 rings (SSSR count). The van der Waals surface area contributed by atoms with Crippen molar-refractivity contribution in [2.75, 3.05) is 6.61 Å². The first-order valence-corrected chi connectivity index (χ1v) is 7.07. The molecule has 0 aromatic heterocycles. The van der Waals surface area contributed by atoms with Gasteiger partial charge in [-0.3, -0.25) is 5.26 Å². The van der Waals surface area contributed by atoms with Crippen LogP contribution < -0.4 is 0 Å². The Balaban J connectivity index is 2.14. The van der Waals surface area contributed by atoms with E-state index < -0.39 is 0 Å². The summed E-state index contributed by atoms with van der Waals surface area (Å²) in [6, 6.07) is 0. The summed E-state index contributed by atoms with van der Waals surface area (Å²) in [5.41, 5.74) is 1.56. The van der Waals surface area contributed by atoms with Crippen molar-refractivity contribution < 1.29 is 10.1 Å². The van der Waals surface area contributed by atoms with E-state index in [9.17, 15) is 0 Å². The van der Waals surface area contributed by atoms with Gasteiger partial charge in [0.1, 0.15) is 0 Å². The van der Waals surface area contributed by atoms with E-state index >= 15 is 0 Å². The van der Waals surface area contributed by atoms with Crippen LogP contribution in [0.2, 0.25) is 0 Å². The van der Waals surface area contributed by atoms with Crippen LogP contribution >= 0.6 is 0 Å². The van der Waals surface area contributed by atoms with Gasteiger partial charge in [0, 0.05) is 0 Å². The van der Waals surface area contributed by atoms with Crippen molar-refractivity contribution >= 4 is 0 Å². The largest absolute Gasteiger partial charge is 0.252 e. The van der Waals surface area contributed by atoms with E-state index in [1.54, 1.807) is 5.57 Å². The van der Waals surface area contributed by atoms with Gasteiger partial charge in [0.15, 0.2) is 0 Å². The fourth-order valence-corrected chi connectivity index (χ4v) is 3.99. The van der Waals surface area contributed by atoms with Crippen LogP contribution in [-0.4, -0.2) is 11.9 Å². The van der Waals surface area contributed by atoms with Gasteiger partial charge in [-0.15, -0.1) is 0 Å². The molecular formula is C15H26O2. The average molecular weight is 238 g/mol. The highest BCUT2D eigenvalue weighted by Crippen LogP contribution is 2.47. The molecule has 0 radical (unpaired) electrons. The van der Waals surface area contributed by atoms with Gasteiger partial charge >= 0.3 is 0 Å². The van der Waals surface area contributed by atoms with Crippen LogP contribution in [0.4, 0.5) is 0 Å². The summed E-state index contributed by atoms with van der Waals surface area (Å²) in [4.78, 5) is 4.37. The third kappa shape index (κ3) is 2.74. The topological polar surface area (TPSA) is 29.5 Å². The molecule has 0 heterocycles. The third-order valence-electron chi connectivity index (χ3n) is 5.09. The van der Waals surface area contributed by atoms with E-state index in [-0.39, 0.29) is 0 Å². The molecule has 2 aliphatic carbocycles. The summed E-state index contributed by atoms with van der Waals surface area (Å²) in [7, 11) is 0. The zero-order chi connectivity index (χ0) is 12.4. The number of hydrogen-bond donors (Lipinski definition) is 1. The Labute approximate surface area is 105 Å². The van der Waals surface area contributed by atoms with E-state index in [0.717, 1.165) is 17.8 Å². The molecule has 1 fully saturated rings. The second kappa shape index (κ2) is 5.53. The van der Waals surface area contributed by atoms with Crippen molar-refractivity contribution in [1.29, 1.82) is 0 Å². The predicted molar refractivity (Wildman–Crippen MR) is 69.6 cm³/mol. The summed E-state index contributed by atoms with van der Waals surface area (Å²) in [6.07, 6.45) is 7.79. The van der Waals surface area contributed by atoms with Gasteiger partial charge in [0.2, 0.25) is 0 Å². The van der Waals surface area contributed by atoms with Crippen LogP contribution in [0.1, 0.15) is 46.5 Å². The quantitative estimate of drug-likeness (QED) is 0.455. The molecule has 2 aliphatic rings. The highest BCUT2D eigenvalue weighted by atomic mass is 17.1. The molecule has 0 aliphatic heterocycles. The van der Waals surface area contributed by atoms with E-state index in [4.69, 9.17) is 5.26 Å². The Morgan fingerprint density at radius 1 is 1.41 bits per heavy atom. The van der Waals surface area contributed by atoms with E-state index in [0.29, 0.717) is 18.4 Å². The van der Waals surface area contributed by atoms with Crippen LogP contribution in [0.25, 0.3) is 0 Å². The first kappa shape index (κ1) is 13.1. The monoisotopic (exact) mass is 238 g/mol. The Morgan fingerprint density at radius 3 is 2.88 bits per heavy atom. The second-order valence-electron chi connectivity index (χ2n) is 6.28. The van der Waals surface area contributed by atoms with Crippen molar-refractivity contribution in [3.05, 3.63) is 11.6 Å². The molecule has 2 nitrogen and oxygen atoms in total. The average Bonchev–Trinajstić information content (AvgIpc) is 2.29. The predicted octanol–water partition coefficient (Wildman–Crippen LogP) is 4.13. The Hall–Kier alpha value is -0.340. The Kier molecular flexibility index (Phi) is 4.26. The number of allylic oxidation sites excluding steroid dienone is 2. The van der Waals surface area contributed by atoms with Gasteiger partial charge < -0.3 is 0 Å². The van der Waals surface area contributed by atoms with E-state index in [1.807, 2.05) is 0 Å². The van der Waals surface area contributed by atoms with Crippen molar-refractivity contribution in [2.24, 2.45) is 29.6 Å². The molecule has 0 aromatic rings. The molecule has 1 saturated carbocycles. The van der Waals surface area contributed by atoms with Gasteiger partial charge in [-0.1, -0.05) is 31.9 Å². The van der Waals surface area contributed by atoms with Gasteiger partial charge in [-0.05, 0) is 55.8 Å². The van der Waals surface area contributed by atoms with Crippen molar-refractivity contribution in [3.8, 4) is 0 Å². The normalized spacial score (nSPS) is 39.4. The minimum Gasteiger partial charge on any atom is -0.252 e. The molecule has 0 saturated heterocycles. The molecule has 0 amide bonds. The van der Waals surface area contributed by atoms with Gasteiger partial charge in [-0.25, -0.2) is 4.89 Å². The molecule has 98 valence electrons. The van der Waals surface area contributed by atoms with Crippen LogP contribution in [0.5, 0.6) is 0 Å². The first-order valence-electron chi connectivity index (χ1n) is 7.07. The summed E-state index contributed by atoms with van der Waals surface area (Å²) < 4.78 is 0. The molecule has 0 aromatic carbocycles. The smallest absolute Gasteiger partial charge is 0.0848 e. The standard InChI is InChI=1S/C15H26O2/c1-10-4-6-13-11(2)5-7-14(15(13)8-10)12(3)9-17-16/h8,11-16H,4-7,9H2,1-3H3/t11-,12+,13+,14+,15+/m1/s1. The van der Waals surface area contributed by atoms with E-state index in [1.165, 1.54) is 25.7 Å². The minimum atomic E-state index is 0.460. The summed E-state index contributed by atoms with van der Waals surface area (Å²) in [5, 5.41) is 8.65. The maximum Gasteiger partial charge on any atom is 0.0848 e. The molecule has 17 heavy (non-hydrogen) atoms. The molecule has 0 bridgehead atoms. The lowest BCUT2D eigenvalue weighted by Crippen LogP contribution is -2.38. The fourth-order valence-electron chi connectivity index (χ4n) is 3.99. The van der Waals surface area contributed by atoms with Crippen molar-refractivity contribution in [3.63, 3.8) is 0 Å². The summed E-state index contributed by atoms with van der Waals surface area (Å²) in [5.74, 6) is 3.60. The molecule has 0 spiro atoms. The van der Waals surface area contributed by atoms with Gasteiger partial charge in [0.05, 0.1) is 6.61 Å².